The summed E-state index contributed by atoms with van der Waals surface area (Å²) in [6.07, 6.45) is 0. The third kappa shape index (κ3) is 2.35. The monoisotopic (exact) mass is 313 g/mol. The van der Waals surface area contributed by atoms with Crippen LogP contribution in [0.2, 0.25) is 0 Å². The van der Waals surface area contributed by atoms with Crippen molar-refractivity contribution in [1.29, 1.82) is 5.26 Å². The summed E-state index contributed by atoms with van der Waals surface area (Å²) in [6.45, 7) is 4.69. The molecule has 0 aliphatic heterocycles. The molecule has 0 N–H and O–H groups in total. The van der Waals surface area contributed by atoms with E-state index in [2.05, 4.69) is 30.1 Å². The highest BCUT2D eigenvalue weighted by Crippen LogP contribution is 2.21. The fourth-order valence-corrected chi connectivity index (χ4v) is 3.05. The molecule has 6 nitrogen and oxygen atoms in total. The number of benzene rings is 1. The van der Waals surface area contributed by atoms with Crippen molar-refractivity contribution >= 4 is 28.4 Å². The Kier molecular flexibility index (Phi) is 3.86. The molecular weight excluding hydrogens is 298 g/mol. The number of nitrogens with zero attached hydrogens (tertiary/aromatic N) is 5. The Bertz CT molecular complexity index is 935. The van der Waals surface area contributed by atoms with Gasteiger partial charge < -0.3 is 0 Å². The molecule has 0 atom stereocenters. The number of hydrogen-bond donors (Lipinski definition) is 0. The van der Waals surface area contributed by atoms with Crippen LogP contribution in [0.3, 0.4) is 0 Å². The Labute approximate surface area is 131 Å². The van der Waals surface area contributed by atoms with Gasteiger partial charge in [0.05, 0.1) is 22.7 Å². The summed E-state index contributed by atoms with van der Waals surface area (Å²) < 4.78 is 3.53. The van der Waals surface area contributed by atoms with Crippen molar-refractivity contribution in [1.82, 2.24) is 19.2 Å². The zero-order valence-electron chi connectivity index (χ0n) is 12.4. The summed E-state index contributed by atoms with van der Waals surface area (Å²) >= 11 is 1.32. The maximum Gasteiger partial charge on any atom is 0.262 e. The van der Waals surface area contributed by atoms with Crippen LogP contribution in [0, 0.1) is 17.2 Å². The van der Waals surface area contributed by atoms with Gasteiger partial charge in [-0.3, -0.25) is 13.8 Å². The minimum atomic E-state index is -0.0546. The second kappa shape index (κ2) is 5.81. The first kappa shape index (κ1) is 14.6. The average molecular weight is 313 g/mol. The first-order valence-electron chi connectivity index (χ1n) is 7.00. The summed E-state index contributed by atoms with van der Waals surface area (Å²) in [7, 11) is 0. The predicted octanol–water partition coefficient (Wildman–Crippen LogP) is 2.32. The number of aromatic nitrogens is 4. The number of fused-ring (bicyclic) bond motifs is 3. The summed E-state index contributed by atoms with van der Waals surface area (Å²) in [5.41, 5.74) is 0.717. The summed E-state index contributed by atoms with van der Waals surface area (Å²) in [5, 5.41) is 18.4. The minimum absolute atomic E-state index is 0.0546. The standard InChI is InChI=1S/C15H15N5OS/c1-10(2)9-19-13(21)11-5-3-4-6-12(11)20-14(19)17-18-15(20)22-8-7-16/h3-6,10H,8-9H2,1-2H3. The Morgan fingerprint density at radius 3 is 2.82 bits per heavy atom. The summed E-state index contributed by atoms with van der Waals surface area (Å²) in [6, 6.07) is 9.51. The van der Waals surface area contributed by atoms with E-state index < -0.39 is 0 Å². The van der Waals surface area contributed by atoms with Crippen LogP contribution in [-0.2, 0) is 6.54 Å². The SMILES string of the molecule is CC(C)Cn1c(=O)c2ccccc2n2c(SCC#N)nnc12. The number of thioether (sulfide) groups is 1. The van der Waals surface area contributed by atoms with Gasteiger partial charge in [-0.15, -0.1) is 10.2 Å². The largest absolute Gasteiger partial charge is 0.276 e. The third-order valence-corrected chi connectivity index (χ3v) is 4.09. The lowest BCUT2D eigenvalue weighted by molar-refractivity contribution is 0.517. The first-order chi connectivity index (χ1) is 10.6. The van der Waals surface area contributed by atoms with Crippen LogP contribution in [0.5, 0.6) is 0 Å². The van der Waals surface area contributed by atoms with Crippen LogP contribution in [-0.4, -0.2) is 24.9 Å². The molecular formula is C15H15N5OS. The summed E-state index contributed by atoms with van der Waals surface area (Å²) in [4.78, 5) is 12.7. The lowest BCUT2D eigenvalue weighted by Crippen LogP contribution is -2.25. The Hall–Kier alpha value is -2.33. The van der Waals surface area contributed by atoms with E-state index in [0.29, 0.717) is 34.5 Å². The molecule has 22 heavy (non-hydrogen) atoms. The highest BCUT2D eigenvalue weighted by molar-refractivity contribution is 7.99. The van der Waals surface area contributed by atoms with E-state index in [9.17, 15) is 4.79 Å². The van der Waals surface area contributed by atoms with Crippen molar-refractivity contribution in [2.75, 3.05) is 5.75 Å². The van der Waals surface area contributed by atoms with Gasteiger partial charge in [-0.2, -0.15) is 5.26 Å². The highest BCUT2D eigenvalue weighted by Gasteiger charge is 2.16. The van der Waals surface area contributed by atoms with Gasteiger partial charge in [0.2, 0.25) is 5.78 Å². The maximum absolute atomic E-state index is 12.7. The minimum Gasteiger partial charge on any atom is -0.276 e. The smallest absolute Gasteiger partial charge is 0.262 e. The molecule has 0 amide bonds. The second-order valence-electron chi connectivity index (χ2n) is 5.39. The molecule has 3 rings (SSSR count). The maximum atomic E-state index is 12.7. The predicted molar refractivity (Wildman–Crippen MR) is 85.9 cm³/mol. The first-order valence-corrected chi connectivity index (χ1v) is 7.98. The molecule has 0 bridgehead atoms. The molecule has 0 aliphatic carbocycles. The lowest BCUT2D eigenvalue weighted by Gasteiger charge is -2.12. The topological polar surface area (TPSA) is 76.0 Å². The average Bonchev–Trinajstić information content (AvgIpc) is 2.93. The van der Waals surface area contributed by atoms with Crippen molar-refractivity contribution in [3.05, 3.63) is 34.6 Å². The second-order valence-corrected chi connectivity index (χ2v) is 6.33. The van der Waals surface area contributed by atoms with E-state index in [-0.39, 0.29) is 5.56 Å². The fourth-order valence-electron chi connectivity index (χ4n) is 2.45. The lowest BCUT2D eigenvalue weighted by atomic mass is 10.2. The zero-order valence-corrected chi connectivity index (χ0v) is 13.2. The molecule has 3 aromatic rings. The van der Waals surface area contributed by atoms with E-state index >= 15 is 0 Å². The number of nitriles is 1. The van der Waals surface area contributed by atoms with Gasteiger partial charge in [0.25, 0.3) is 5.56 Å². The van der Waals surface area contributed by atoms with Crippen LogP contribution in [0.15, 0.2) is 34.2 Å². The van der Waals surface area contributed by atoms with Gasteiger partial charge in [0, 0.05) is 6.54 Å². The van der Waals surface area contributed by atoms with Crippen LogP contribution in [0.4, 0.5) is 0 Å². The van der Waals surface area contributed by atoms with Gasteiger partial charge in [0.1, 0.15) is 0 Å². The van der Waals surface area contributed by atoms with E-state index in [4.69, 9.17) is 5.26 Å². The van der Waals surface area contributed by atoms with Gasteiger partial charge in [-0.1, -0.05) is 37.7 Å². The van der Waals surface area contributed by atoms with Crippen LogP contribution in [0.1, 0.15) is 13.8 Å². The molecule has 112 valence electrons. The molecule has 1 aromatic carbocycles. The highest BCUT2D eigenvalue weighted by atomic mass is 32.2. The molecule has 2 heterocycles. The molecule has 2 aromatic heterocycles. The van der Waals surface area contributed by atoms with Gasteiger partial charge >= 0.3 is 0 Å². The molecule has 0 spiro atoms. The third-order valence-electron chi connectivity index (χ3n) is 3.29. The summed E-state index contributed by atoms with van der Waals surface area (Å²) in [5.74, 6) is 1.13. The van der Waals surface area contributed by atoms with Crippen molar-refractivity contribution < 1.29 is 0 Å². The van der Waals surface area contributed by atoms with E-state index in [1.807, 2.05) is 28.7 Å². The van der Waals surface area contributed by atoms with Crippen LogP contribution < -0.4 is 5.56 Å². The molecule has 0 saturated heterocycles. The Morgan fingerprint density at radius 1 is 1.32 bits per heavy atom. The molecule has 0 radical (unpaired) electrons. The zero-order chi connectivity index (χ0) is 15.7. The van der Waals surface area contributed by atoms with Crippen LogP contribution >= 0.6 is 11.8 Å². The van der Waals surface area contributed by atoms with Crippen molar-refractivity contribution in [3.8, 4) is 6.07 Å². The van der Waals surface area contributed by atoms with E-state index in [1.54, 1.807) is 4.57 Å². The van der Waals surface area contributed by atoms with E-state index in [1.165, 1.54) is 11.8 Å². The molecule has 0 fully saturated rings. The molecule has 0 aliphatic rings. The number of para-hydroxylation sites is 1. The molecule has 7 heteroatoms. The van der Waals surface area contributed by atoms with Crippen molar-refractivity contribution in [2.24, 2.45) is 5.92 Å². The van der Waals surface area contributed by atoms with Crippen molar-refractivity contribution in [3.63, 3.8) is 0 Å². The Balaban J connectivity index is 2.39. The molecule has 0 saturated carbocycles. The van der Waals surface area contributed by atoms with Gasteiger partial charge in [0.15, 0.2) is 5.16 Å². The molecule has 0 unspecified atom stereocenters. The number of hydrogen-bond acceptors (Lipinski definition) is 5. The van der Waals surface area contributed by atoms with E-state index in [0.717, 1.165) is 5.52 Å². The van der Waals surface area contributed by atoms with Gasteiger partial charge in [-0.05, 0) is 18.1 Å². The quantitative estimate of drug-likeness (QED) is 0.691. The normalized spacial score (nSPS) is 11.4. The van der Waals surface area contributed by atoms with Crippen molar-refractivity contribution in [2.45, 2.75) is 25.5 Å². The van der Waals surface area contributed by atoms with Gasteiger partial charge in [-0.25, -0.2) is 0 Å². The Morgan fingerprint density at radius 2 is 2.09 bits per heavy atom. The fraction of sp³-hybridized carbons (Fsp3) is 0.333. The number of rotatable bonds is 4. The van der Waals surface area contributed by atoms with Crippen LogP contribution in [0.25, 0.3) is 16.7 Å².